The molecule has 1 saturated heterocycles. The average Bonchev–Trinajstić information content (AvgIpc) is 3.16. The Balaban J connectivity index is 1.61. The molecule has 3 rings (SSSR count). The van der Waals surface area contributed by atoms with Gasteiger partial charge in [0, 0.05) is 18.8 Å². The van der Waals surface area contributed by atoms with Crippen LogP contribution in [0.15, 0.2) is 23.7 Å². The minimum atomic E-state index is 0.412. The standard InChI is InChI=1S/C17H24N2OS/c1-2-18-15(7-3-5-14-6-4-9-20-14)13-11-17-16(19-12-13)8-10-21-17/h8,10-12,14-15,18H,2-7,9H2,1H3. The molecular weight excluding hydrogens is 280 g/mol. The molecule has 1 aliphatic rings. The van der Waals surface area contributed by atoms with Crippen LogP contribution in [0.1, 0.15) is 50.6 Å². The summed E-state index contributed by atoms with van der Waals surface area (Å²) in [6.45, 7) is 4.12. The number of pyridine rings is 1. The summed E-state index contributed by atoms with van der Waals surface area (Å²) in [5.41, 5.74) is 2.43. The lowest BCUT2D eigenvalue weighted by atomic mass is 10.0. The van der Waals surface area contributed by atoms with Gasteiger partial charge in [0.15, 0.2) is 0 Å². The van der Waals surface area contributed by atoms with Crippen molar-refractivity contribution in [3.8, 4) is 0 Å². The molecule has 0 aliphatic carbocycles. The van der Waals surface area contributed by atoms with Crippen LogP contribution < -0.4 is 5.32 Å². The molecule has 0 amide bonds. The van der Waals surface area contributed by atoms with Crippen LogP contribution in [0.5, 0.6) is 0 Å². The Morgan fingerprint density at radius 1 is 1.52 bits per heavy atom. The van der Waals surface area contributed by atoms with E-state index in [1.54, 1.807) is 11.3 Å². The van der Waals surface area contributed by atoms with E-state index in [1.165, 1.54) is 35.9 Å². The number of thiophene rings is 1. The zero-order chi connectivity index (χ0) is 14.5. The van der Waals surface area contributed by atoms with Gasteiger partial charge in [-0.25, -0.2) is 0 Å². The predicted octanol–water partition coefficient (Wildman–Crippen LogP) is 4.30. The molecule has 0 radical (unpaired) electrons. The summed E-state index contributed by atoms with van der Waals surface area (Å²) < 4.78 is 7.00. The maximum atomic E-state index is 5.72. The fraction of sp³-hybridized carbons (Fsp3) is 0.588. The van der Waals surface area contributed by atoms with E-state index in [0.717, 1.165) is 25.1 Å². The van der Waals surface area contributed by atoms with Crippen molar-refractivity contribution in [1.82, 2.24) is 10.3 Å². The first-order valence-electron chi connectivity index (χ1n) is 8.05. The topological polar surface area (TPSA) is 34.1 Å². The molecule has 1 aliphatic heterocycles. The largest absolute Gasteiger partial charge is 0.378 e. The number of ether oxygens (including phenoxy) is 1. The average molecular weight is 304 g/mol. The van der Waals surface area contributed by atoms with E-state index < -0.39 is 0 Å². The van der Waals surface area contributed by atoms with Crippen LogP contribution in [0.3, 0.4) is 0 Å². The van der Waals surface area contributed by atoms with Crippen molar-refractivity contribution in [3.05, 3.63) is 29.3 Å². The fourth-order valence-electron chi connectivity index (χ4n) is 3.11. The van der Waals surface area contributed by atoms with E-state index in [9.17, 15) is 0 Å². The molecule has 21 heavy (non-hydrogen) atoms. The molecule has 2 atom stereocenters. The molecule has 0 saturated carbocycles. The van der Waals surface area contributed by atoms with Crippen LogP contribution in [-0.4, -0.2) is 24.2 Å². The van der Waals surface area contributed by atoms with Crippen LogP contribution >= 0.6 is 11.3 Å². The molecule has 114 valence electrons. The van der Waals surface area contributed by atoms with Crippen molar-refractivity contribution in [3.63, 3.8) is 0 Å². The zero-order valence-corrected chi connectivity index (χ0v) is 13.5. The van der Waals surface area contributed by atoms with Crippen LogP contribution in [-0.2, 0) is 4.74 Å². The highest BCUT2D eigenvalue weighted by Gasteiger charge is 2.17. The third-order valence-electron chi connectivity index (χ3n) is 4.22. The maximum Gasteiger partial charge on any atom is 0.0809 e. The highest BCUT2D eigenvalue weighted by Crippen LogP contribution is 2.26. The van der Waals surface area contributed by atoms with Gasteiger partial charge in [-0.1, -0.05) is 6.92 Å². The van der Waals surface area contributed by atoms with Crippen molar-refractivity contribution in [2.45, 2.75) is 51.2 Å². The fourth-order valence-corrected chi connectivity index (χ4v) is 3.90. The predicted molar refractivity (Wildman–Crippen MR) is 88.9 cm³/mol. The second kappa shape index (κ2) is 7.34. The Labute approximate surface area is 130 Å². The maximum absolute atomic E-state index is 5.72. The van der Waals surface area contributed by atoms with E-state index in [4.69, 9.17) is 4.74 Å². The summed E-state index contributed by atoms with van der Waals surface area (Å²) in [6.07, 6.45) is 8.59. The zero-order valence-electron chi connectivity index (χ0n) is 12.7. The lowest BCUT2D eigenvalue weighted by Gasteiger charge is -2.19. The summed E-state index contributed by atoms with van der Waals surface area (Å²) in [5, 5.41) is 5.72. The van der Waals surface area contributed by atoms with Crippen LogP contribution in [0, 0.1) is 0 Å². The van der Waals surface area contributed by atoms with Gasteiger partial charge in [-0.15, -0.1) is 11.3 Å². The van der Waals surface area contributed by atoms with E-state index in [1.807, 2.05) is 6.20 Å². The van der Waals surface area contributed by atoms with Crippen molar-refractivity contribution >= 4 is 21.6 Å². The highest BCUT2D eigenvalue weighted by atomic mass is 32.1. The molecule has 0 spiro atoms. The Morgan fingerprint density at radius 2 is 2.48 bits per heavy atom. The molecule has 0 bridgehead atoms. The van der Waals surface area contributed by atoms with Gasteiger partial charge in [0.05, 0.1) is 16.3 Å². The molecule has 2 unspecified atom stereocenters. The third-order valence-corrected chi connectivity index (χ3v) is 5.07. The number of nitrogens with zero attached hydrogens (tertiary/aromatic N) is 1. The summed E-state index contributed by atoms with van der Waals surface area (Å²) in [5.74, 6) is 0. The number of nitrogens with one attached hydrogen (secondary N) is 1. The Bertz CT molecular complexity index is 563. The van der Waals surface area contributed by atoms with Gasteiger partial charge in [-0.05, 0) is 61.7 Å². The van der Waals surface area contributed by atoms with Crippen molar-refractivity contribution in [2.24, 2.45) is 0 Å². The second-order valence-electron chi connectivity index (χ2n) is 5.75. The molecule has 1 N–H and O–H groups in total. The highest BCUT2D eigenvalue weighted by molar-refractivity contribution is 7.17. The monoisotopic (exact) mass is 304 g/mol. The molecule has 4 heteroatoms. The first-order chi connectivity index (χ1) is 10.4. The second-order valence-corrected chi connectivity index (χ2v) is 6.70. The van der Waals surface area contributed by atoms with E-state index in [0.29, 0.717) is 12.1 Å². The van der Waals surface area contributed by atoms with E-state index >= 15 is 0 Å². The molecule has 2 aromatic rings. The normalized spacial score (nSPS) is 20.1. The number of fused-ring (bicyclic) bond motifs is 1. The van der Waals surface area contributed by atoms with Crippen molar-refractivity contribution in [2.75, 3.05) is 13.2 Å². The van der Waals surface area contributed by atoms with E-state index in [-0.39, 0.29) is 0 Å². The Morgan fingerprint density at radius 3 is 3.29 bits per heavy atom. The number of hydrogen-bond donors (Lipinski definition) is 1. The molecular formula is C17H24N2OS. The third kappa shape index (κ3) is 3.82. The summed E-state index contributed by atoms with van der Waals surface area (Å²) in [6, 6.07) is 4.80. The lowest BCUT2D eigenvalue weighted by molar-refractivity contribution is 0.101. The summed E-state index contributed by atoms with van der Waals surface area (Å²) in [7, 11) is 0. The van der Waals surface area contributed by atoms with Gasteiger partial charge < -0.3 is 10.1 Å². The van der Waals surface area contributed by atoms with E-state index in [2.05, 4.69) is 34.7 Å². The molecule has 3 nitrogen and oxygen atoms in total. The first kappa shape index (κ1) is 14.9. The van der Waals surface area contributed by atoms with Crippen molar-refractivity contribution < 1.29 is 4.74 Å². The van der Waals surface area contributed by atoms with Gasteiger partial charge in [0.25, 0.3) is 0 Å². The molecule has 0 aromatic carbocycles. The van der Waals surface area contributed by atoms with Crippen LogP contribution in [0.25, 0.3) is 10.2 Å². The molecule has 1 fully saturated rings. The van der Waals surface area contributed by atoms with Gasteiger partial charge in [0.2, 0.25) is 0 Å². The van der Waals surface area contributed by atoms with Gasteiger partial charge in [0.1, 0.15) is 0 Å². The number of aromatic nitrogens is 1. The van der Waals surface area contributed by atoms with Gasteiger partial charge in [-0.2, -0.15) is 0 Å². The smallest absolute Gasteiger partial charge is 0.0809 e. The van der Waals surface area contributed by atoms with Crippen LogP contribution in [0.4, 0.5) is 0 Å². The summed E-state index contributed by atoms with van der Waals surface area (Å²) in [4.78, 5) is 4.58. The Kier molecular flexibility index (Phi) is 5.22. The summed E-state index contributed by atoms with van der Waals surface area (Å²) >= 11 is 1.77. The number of hydrogen-bond acceptors (Lipinski definition) is 4. The van der Waals surface area contributed by atoms with Crippen molar-refractivity contribution in [1.29, 1.82) is 0 Å². The minimum absolute atomic E-state index is 0.412. The van der Waals surface area contributed by atoms with Gasteiger partial charge >= 0.3 is 0 Å². The SMILES string of the molecule is CCNC(CCCC1CCCO1)c1cnc2ccsc2c1. The van der Waals surface area contributed by atoms with Crippen LogP contribution in [0.2, 0.25) is 0 Å². The number of rotatable bonds is 7. The minimum Gasteiger partial charge on any atom is -0.378 e. The Hall–Kier alpha value is -0.970. The first-order valence-corrected chi connectivity index (χ1v) is 8.93. The van der Waals surface area contributed by atoms with Gasteiger partial charge in [-0.3, -0.25) is 4.98 Å². The molecule has 3 heterocycles. The quantitative estimate of drug-likeness (QED) is 0.828. The lowest BCUT2D eigenvalue weighted by Crippen LogP contribution is -2.21. The molecule has 2 aromatic heterocycles.